The highest BCUT2D eigenvalue weighted by atomic mass is 19.1. The summed E-state index contributed by atoms with van der Waals surface area (Å²) in [5.74, 6) is 0.390. The summed E-state index contributed by atoms with van der Waals surface area (Å²) in [7, 11) is 2.06. The van der Waals surface area contributed by atoms with Gasteiger partial charge in [-0.15, -0.1) is 0 Å². The first kappa shape index (κ1) is 12.3. The Morgan fingerprint density at radius 2 is 2.26 bits per heavy atom. The predicted octanol–water partition coefficient (Wildman–Crippen LogP) is 2.53. The second-order valence-electron chi connectivity index (χ2n) is 4.81. The summed E-state index contributed by atoms with van der Waals surface area (Å²) in [5.41, 5.74) is 1.74. The van der Waals surface area contributed by atoms with Crippen LogP contribution in [0.4, 0.5) is 4.39 Å². The van der Waals surface area contributed by atoms with E-state index in [1.54, 1.807) is 6.07 Å². The van der Waals surface area contributed by atoms with E-state index in [9.17, 15) is 4.39 Å². The minimum Gasteiger partial charge on any atom is -0.453 e. The van der Waals surface area contributed by atoms with Crippen LogP contribution in [-0.4, -0.2) is 36.8 Å². The molecule has 1 aliphatic rings. The zero-order valence-electron chi connectivity index (χ0n) is 11.1. The Bertz CT molecular complexity index is 609. The summed E-state index contributed by atoms with van der Waals surface area (Å²) in [5, 5.41) is 0.619. The zero-order chi connectivity index (χ0) is 13.4. The van der Waals surface area contributed by atoms with Gasteiger partial charge in [0.05, 0.1) is 5.52 Å². The van der Waals surface area contributed by atoms with Crippen LogP contribution in [-0.2, 0) is 6.42 Å². The SMILES string of the molecule is CCN(C)CCc1c[nH]c2cc3c(c(F)c12)OCO3. The molecule has 1 aliphatic heterocycles. The molecule has 0 saturated heterocycles. The molecule has 2 heterocycles. The maximum absolute atomic E-state index is 14.4. The minimum absolute atomic E-state index is 0.0900. The Morgan fingerprint density at radius 3 is 3.05 bits per heavy atom. The van der Waals surface area contributed by atoms with Crippen molar-refractivity contribution in [2.75, 3.05) is 26.9 Å². The van der Waals surface area contributed by atoms with Crippen LogP contribution in [0.5, 0.6) is 11.5 Å². The first-order valence-electron chi connectivity index (χ1n) is 6.47. The largest absolute Gasteiger partial charge is 0.453 e. The lowest BCUT2D eigenvalue weighted by Gasteiger charge is -2.13. The number of ether oxygens (including phenoxy) is 2. The Labute approximate surface area is 111 Å². The summed E-state index contributed by atoms with van der Waals surface area (Å²) in [4.78, 5) is 5.30. The Kier molecular flexibility index (Phi) is 3.06. The van der Waals surface area contributed by atoms with Crippen LogP contribution >= 0.6 is 0 Å². The first-order valence-corrected chi connectivity index (χ1v) is 6.47. The fourth-order valence-electron chi connectivity index (χ4n) is 2.33. The number of nitrogens with zero attached hydrogens (tertiary/aromatic N) is 1. The number of halogens is 1. The van der Waals surface area contributed by atoms with E-state index in [0.717, 1.165) is 30.6 Å². The molecule has 3 rings (SSSR count). The van der Waals surface area contributed by atoms with Crippen LogP contribution in [0.15, 0.2) is 12.3 Å². The molecule has 1 aromatic carbocycles. The lowest BCUT2D eigenvalue weighted by molar-refractivity contribution is 0.171. The smallest absolute Gasteiger partial charge is 0.231 e. The van der Waals surface area contributed by atoms with E-state index >= 15 is 0 Å². The van der Waals surface area contributed by atoms with E-state index in [-0.39, 0.29) is 18.4 Å². The van der Waals surface area contributed by atoms with Crippen molar-refractivity contribution >= 4 is 10.9 Å². The van der Waals surface area contributed by atoms with Gasteiger partial charge in [-0.1, -0.05) is 6.92 Å². The number of likely N-dealkylation sites (N-methyl/N-ethyl adjacent to an activating group) is 1. The van der Waals surface area contributed by atoms with Crippen molar-refractivity contribution in [2.24, 2.45) is 0 Å². The molecule has 0 bridgehead atoms. The number of benzene rings is 1. The van der Waals surface area contributed by atoms with Gasteiger partial charge in [0.1, 0.15) is 0 Å². The molecule has 0 amide bonds. The number of nitrogens with one attached hydrogen (secondary N) is 1. The quantitative estimate of drug-likeness (QED) is 0.922. The summed E-state index contributed by atoms with van der Waals surface area (Å²) < 4.78 is 24.8. The van der Waals surface area contributed by atoms with Crippen LogP contribution in [0, 0.1) is 5.82 Å². The van der Waals surface area contributed by atoms with Crippen LogP contribution in [0.25, 0.3) is 10.9 Å². The van der Waals surface area contributed by atoms with E-state index in [1.807, 2.05) is 6.20 Å². The summed E-state index contributed by atoms with van der Waals surface area (Å²) >= 11 is 0. The predicted molar refractivity (Wildman–Crippen MR) is 71.3 cm³/mol. The third-order valence-corrected chi connectivity index (χ3v) is 3.63. The highest BCUT2D eigenvalue weighted by molar-refractivity contribution is 5.87. The van der Waals surface area contributed by atoms with Gasteiger partial charge in [-0.25, -0.2) is 4.39 Å². The van der Waals surface area contributed by atoms with Gasteiger partial charge < -0.3 is 19.4 Å². The zero-order valence-corrected chi connectivity index (χ0v) is 11.1. The van der Waals surface area contributed by atoms with Crippen LogP contribution in [0.2, 0.25) is 0 Å². The lowest BCUT2D eigenvalue weighted by atomic mass is 10.1. The van der Waals surface area contributed by atoms with Gasteiger partial charge in [0, 0.05) is 24.2 Å². The van der Waals surface area contributed by atoms with Gasteiger partial charge >= 0.3 is 0 Å². The number of H-pyrrole nitrogens is 1. The van der Waals surface area contributed by atoms with Gasteiger partial charge in [-0.2, -0.15) is 0 Å². The van der Waals surface area contributed by atoms with Gasteiger partial charge in [0.2, 0.25) is 12.5 Å². The molecule has 0 unspecified atom stereocenters. The molecule has 0 spiro atoms. The third-order valence-electron chi connectivity index (χ3n) is 3.63. The highest BCUT2D eigenvalue weighted by Gasteiger charge is 2.23. The van der Waals surface area contributed by atoms with Crippen molar-refractivity contribution in [3.05, 3.63) is 23.6 Å². The van der Waals surface area contributed by atoms with Crippen molar-refractivity contribution in [3.63, 3.8) is 0 Å². The first-order chi connectivity index (χ1) is 9.20. The average Bonchev–Trinajstić information content (AvgIpc) is 3.03. The van der Waals surface area contributed by atoms with E-state index < -0.39 is 0 Å². The number of fused-ring (bicyclic) bond motifs is 2. The van der Waals surface area contributed by atoms with Gasteiger partial charge in [0.25, 0.3) is 0 Å². The van der Waals surface area contributed by atoms with Crippen LogP contribution in [0.1, 0.15) is 12.5 Å². The summed E-state index contributed by atoms with van der Waals surface area (Å²) in [6, 6.07) is 1.80. The number of hydrogen-bond acceptors (Lipinski definition) is 3. The van der Waals surface area contributed by atoms with Gasteiger partial charge in [-0.05, 0) is 25.6 Å². The fourth-order valence-corrected chi connectivity index (χ4v) is 2.33. The molecule has 102 valence electrons. The number of rotatable bonds is 4. The van der Waals surface area contributed by atoms with Crippen molar-refractivity contribution in [3.8, 4) is 11.5 Å². The standard InChI is InChI=1S/C14H17FN2O2/c1-3-17(2)5-4-9-7-16-10-6-11-14(19-8-18-11)13(15)12(9)10/h6-7,16H,3-5,8H2,1-2H3. The number of aromatic amines is 1. The average molecular weight is 264 g/mol. The molecule has 0 atom stereocenters. The second-order valence-corrected chi connectivity index (χ2v) is 4.81. The molecule has 2 aromatic rings. The number of hydrogen-bond donors (Lipinski definition) is 1. The van der Waals surface area contributed by atoms with Crippen molar-refractivity contribution in [2.45, 2.75) is 13.3 Å². The van der Waals surface area contributed by atoms with Crippen molar-refractivity contribution in [1.29, 1.82) is 0 Å². The van der Waals surface area contributed by atoms with E-state index in [4.69, 9.17) is 9.47 Å². The molecule has 0 saturated carbocycles. The van der Waals surface area contributed by atoms with Gasteiger partial charge in [-0.3, -0.25) is 0 Å². The topological polar surface area (TPSA) is 37.5 Å². The molecule has 5 heteroatoms. The fraction of sp³-hybridized carbons (Fsp3) is 0.429. The monoisotopic (exact) mass is 264 g/mol. The minimum atomic E-state index is -0.319. The molecular formula is C14H17FN2O2. The molecule has 1 N–H and O–H groups in total. The van der Waals surface area contributed by atoms with Crippen LogP contribution in [0.3, 0.4) is 0 Å². The van der Waals surface area contributed by atoms with E-state index in [1.165, 1.54) is 0 Å². The lowest BCUT2D eigenvalue weighted by Crippen LogP contribution is -2.20. The Balaban J connectivity index is 1.98. The number of aromatic nitrogens is 1. The molecule has 1 aromatic heterocycles. The van der Waals surface area contributed by atoms with Crippen molar-refractivity contribution < 1.29 is 13.9 Å². The summed E-state index contributed by atoms with van der Waals surface area (Å²) in [6.45, 7) is 4.08. The third kappa shape index (κ3) is 2.04. The summed E-state index contributed by atoms with van der Waals surface area (Å²) in [6.07, 6.45) is 2.67. The van der Waals surface area contributed by atoms with Crippen molar-refractivity contribution in [1.82, 2.24) is 9.88 Å². The molecule has 0 fully saturated rings. The second kappa shape index (κ2) is 4.74. The molecule has 0 aliphatic carbocycles. The van der Waals surface area contributed by atoms with Crippen LogP contribution < -0.4 is 9.47 Å². The Morgan fingerprint density at radius 1 is 1.42 bits per heavy atom. The van der Waals surface area contributed by atoms with E-state index in [0.29, 0.717) is 11.1 Å². The maximum Gasteiger partial charge on any atom is 0.231 e. The molecule has 19 heavy (non-hydrogen) atoms. The van der Waals surface area contributed by atoms with E-state index in [2.05, 4.69) is 23.9 Å². The molecule has 4 nitrogen and oxygen atoms in total. The normalized spacial score (nSPS) is 13.7. The van der Waals surface area contributed by atoms with Gasteiger partial charge in [0.15, 0.2) is 11.6 Å². The molecular weight excluding hydrogens is 247 g/mol. The maximum atomic E-state index is 14.4. The Hall–Kier alpha value is -1.75. The molecule has 0 radical (unpaired) electrons. The highest BCUT2D eigenvalue weighted by Crippen LogP contribution is 2.40.